The van der Waals surface area contributed by atoms with Crippen molar-refractivity contribution in [3.63, 3.8) is 0 Å². The number of amides is 1. The molecule has 1 aromatic rings. The van der Waals surface area contributed by atoms with Crippen molar-refractivity contribution in [2.75, 3.05) is 0 Å². The molecule has 1 aromatic heterocycles. The zero-order valence-electron chi connectivity index (χ0n) is 22.4. The van der Waals surface area contributed by atoms with Crippen LogP contribution in [-0.2, 0) is 9.59 Å². The van der Waals surface area contributed by atoms with Crippen molar-refractivity contribution in [2.24, 2.45) is 46.3 Å². The number of ketones is 1. The van der Waals surface area contributed by atoms with Gasteiger partial charge in [0.15, 0.2) is 0 Å². The third kappa shape index (κ3) is 4.55. The Morgan fingerprint density at radius 1 is 1.19 bits per heavy atom. The van der Waals surface area contributed by atoms with Crippen LogP contribution < -0.4 is 5.32 Å². The smallest absolute Gasteiger partial charge is 0.220 e. The lowest BCUT2D eigenvalue weighted by Gasteiger charge is -2.61. The molecule has 6 heteroatoms. The molecule has 200 valence electrons. The topological polar surface area (TPSA) is 66.4 Å². The third-order valence-electron chi connectivity index (χ3n) is 11.4. The minimum atomic E-state index is -0.281. The van der Waals surface area contributed by atoms with E-state index in [0.29, 0.717) is 54.1 Å². The molecule has 0 spiro atoms. The largest absolute Gasteiger partial charge is 0.393 e. The average molecular weight is 579 g/mol. The maximum atomic E-state index is 13.1. The molecule has 4 fully saturated rings. The molecule has 0 aromatic carbocycles. The molecule has 6 unspecified atom stereocenters. The fourth-order valence-electron chi connectivity index (χ4n) is 9.57. The summed E-state index contributed by atoms with van der Waals surface area (Å²) >= 11 is 5.24. The number of hydrogen-bond acceptors (Lipinski definition) is 4. The predicted molar refractivity (Wildman–Crippen MR) is 149 cm³/mol. The van der Waals surface area contributed by atoms with Crippen molar-refractivity contribution in [3.05, 3.63) is 20.8 Å². The molecule has 4 aliphatic carbocycles. The Hall–Kier alpha value is -0.720. The van der Waals surface area contributed by atoms with Crippen LogP contribution in [0, 0.1) is 46.3 Å². The Morgan fingerprint density at radius 2 is 1.94 bits per heavy atom. The second-order valence-corrected chi connectivity index (χ2v) is 15.6. The lowest BCUT2D eigenvalue weighted by Crippen LogP contribution is -2.58. The minimum absolute atomic E-state index is 0.0804. The summed E-state index contributed by atoms with van der Waals surface area (Å²) in [5, 5.41) is 14.7. The Balaban J connectivity index is 1.27. The molecule has 0 bridgehead atoms. The molecule has 4 aliphatic rings. The maximum absolute atomic E-state index is 13.1. The van der Waals surface area contributed by atoms with Gasteiger partial charge in [0, 0.05) is 24.1 Å². The van der Waals surface area contributed by atoms with Crippen molar-refractivity contribution in [1.29, 1.82) is 0 Å². The number of carbonyl (C=O) groups excluding carboxylic acids is 2. The van der Waals surface area contributed by atoms with Crippen molar-refractivity contribution >= 4 is 39.0 Å². The van der Waals surface area contributed by atoms with Crippen LogP contribution in [-0.4, -0.2) is 22.9 Å². The van der Waals surface area contributed by atoms with Crippen LogP contribution in [0.15, 0.2) is 15.9 Å². The van der Waals surface area contributed by atoms with Gasteiger partial charge in [-0.15, -0.1) is 11.3 Å². The number of hydrogen-bond donors (Lipinski definition) is 2. The van der Waals surface area contributed by atoms with Crippen LogP contribution >= 0.6 is 27.3 Å². The standard InChI is InChI=1S/C30H44BrNO3S/c1-5-23(25-8-9-26(31)36-25)32-27(35)14-17(2)20-6-7-21-28-22(11-13-30(20,21)4)29(3)12-10-19(33)15-18(29)16-24(28)34/h8-9,17-18,20-24,28,34H,5-7,10-16H2,1-4H3,(H,32,35)/t17-,18?,20?,21+,22+,23+,24?,28?,29?,30?/m1/s1. The predicted octanol–water partition coefficient (Wildman–Crippen LogP) is 7.30. The summed E-state index contributed by atoms with van der Waals surface area (Å²) in [5.41, 5.74) is 0.396. The van der Waals surface area contributed by atoms with E-state index in [0.717, 1.165) is 35.9 Å². The zero-order valence-corrected chi connectivity index (χ0v) is 24.8. The van der Waals surface area contributed by atoms with Gasteiger partial charge < -0.3 is 10.4 Å². The summed E-state index contributed by atoms with van der Waals surface area (Å²) in [6.45, 7) is 9.33. The number of Topliss-reactive ketones (excluding diaryl/α,β-unsaturated/α-hetero) is 1. The fraction of sp³-hybridized carbons (Fsp3) is 0.800. The van der Waals surface area contributed by atoms with Gasteiger partial charge in [0.25, 0.3) is 0 Å². The van der Waals surface area contributed by atoms with Crippen LogP contribution in [0.2, 0.25) is 0 Å². The molecule has 1 heterocycles. The normalized spacial score (nSPS) is 41.7. The fourth-order valence-corrected chi connectivity index (χ4v) is 11.1. The van der Waals surface area contributed by atoms with Crippen LogP contribution in [0.5, 0.6) is 0 Å². The summed E-state index contributed by atoms with van der Waals surface area (Å²) in [6.07, 6.45) is 9.09. The summed E-state index contributed by atoms with van der Waals surface area (Å²) in [5.74, 6) is 3.19. The summed E-state index contributed by atoms with van der Waals surface area (Å²) in [6, 6.07) is 4.24. The van der Waals surface area contributed by atoms with Gasteiger partial charge >= 0.3 is 0 Å². The van der Waals surface area contributed by atoms with Gasteiger partial charge in [0.05, 0.1) is 15.9 Å². The highest BCUT2D eigenvalue weighted by Gasteiger charge is 2.62. The van der Waals surface area contributed by atoms with Gasteiger partial charge in [-0.3, -0.25) is 9.59 Å². The Kier molecular flexibility index (Phi) is 7.55. The first kappa shape index (κ1) is 26.9. The second kappa shape index (κ2) is 10.1. The van der Waals surface area contributed by atoms with Gasteiger partial charge in [0.1, 0.15) is 5.78 Å². The van der Waals surface area contributed by atoms with Crippen molar-refractivity contribution in [3.8, 4) is 0 Å². The van der Waals surface area contributed by atoms with E-state index in [-0.39, 0.29) is 28.9 Å². The molecule has 0 aliphatic heterocycles. The van der Waals surface area contributed by atoms with E-state index < -0.39 is 0 Å². The molecular weight excluding hydrogens is 534 g/mol. The molecule has 10 atom stereocenters. The van der Waals surface area contributed by atoms with E-state index in [2.05, 4.69) is 61.1 Å². The Morgan fingerprint density at radius 3 is 2.64 bits per heavy atom. The van der Waals surface area contributed by atoms with E-state index >= 15 is 0 Å². The highest BCUT2D eigenvalue weighted by Crippen LogP contribution is 2.68. The summed E-state index contributed by atoms with van der Waals surface area (Å²) < 4.78 is 1.10. The van der Waals surface area contributed by atoms with E-state index in [1.165, 1.54) is 24.1 Å². The van der Waals surface area contributed by atoms with E-state index in [1.807, 2.05) is 0 Å². The second-order valence-electron chi connectivity index (χ2n) is 13.1. The van der Waals surface area contributed by atoms with Crippen LogP contribution in [0.25, 0.3) is 0 Å². The first-order valence-electron chi connectivity index (χ1n) is 14.3. The molecular formula is C30H44BrNO3S. The van der Waals surface area contributed by atoms with Crippen LogP contribution in [0.4, 0.5) is 0 Å². The van der Waals surface area contributed by atoms with Crippen LogP contribution in [0.1, 0.15) is 103 Å². The number of halogens is 1. The number of aliphatic hydroxyl groups is 1. The van der Waals surface area contributed by atoms with Gasteiger partial charge in [0.2, 0.25) is 5.91 Å². The van der Waals surface area contributed by atoms with Gasteiger partial charge in [-0.05, 0) is 119 Å². The maximum Gasteiger partial charge on any atom is 0.220 e. The van der Waals surface area contributed by atoms with E-state index in [4.69, 9.17) is 0 Å². The van der Waals surface area contributed by atoms with Crippen molar-refractivity contribution < 1.29 is 14.7 Å². The first-order valence-corrected chi connectivity index (χ1v) is 15.9. The number of nitrogens with one attached hydrogen (secondary N) is 1. The summed E-state index contributed by atoms with van der Waals surface area (Å²) in [7, 11) is 0. The molecule has 5 rings (SSSR count). The molecule has 1 amide bonds. The van der Waals surface area contributed by atoms with Crippen molar-refractivity contribution in [2.45, 2.75) is 104 Å². The lowest BCUT2D eigenvalue weighted by molar-refractivity contribution is -0.169. The molecule has 0 saturated heterocycles. The number of thiophene rings is 1. The minimum Gasteiger partial charge on any atom is -0.393 e. The summed E-state index contributed by atoms with van der Waals surface area (Å²) in [4.78, 5) is 26.6. The monoisotopic (exact) mass is 577 g/mol. The van der Waals surface area contributed by atoms with Crippen molar-refractivity contribution in [1.82, 2.24) is 5.32 Å². The van der Waals surface area contributed by atoms with Gasteiger partial charge in [-0.25, -0.2) is 0 Å². The quantitative estimate of drug-likeness (QED) is 0.372. The Bertz CT molecular complexity index is 995. The molecule has 2 N–H and O–H groups in total. The van der Waals surface area contributed by atoms with Gasteiger partial charge in [-0.1, -0.05) is 27.7 Å². The number of fused-ring (bicyclic) bond motifs is 5. The molecule has 36 heavy (non-hydrogen) atoms. The highest BCUT2D eigenvalue weighted by atomic mass is 79.9. The van der Waals surface area contributed by atoms with Gasteiger partial charge in [-0.2, -0.15) is 0 Å². The zero-order chi connectivity index (χ0) is 25.8. The Labute approximate surface area is 229 Å². The van der Waals surface area contributed by atoms with E-state index in [9.17, 15) is 14.7 Å². The SMILES string of the molecule is CC[C@H](NC(=O)C[C@@H](C)C1CC[C@H]2C3C(O)CC4CC(=O)CCC4(C)[C@H]3CCC12C)c1ccc(Br)s1. The first-order chi connectivity index (χ1) is 17.1. The number of carbonyl (C=O) groups is 2. The van der Waals surface area contributed by atoms with Crippen LogP contribution in [0.3, 0.4) is 0 Å². The highest BCUT2D eigenvalue weighted by molar-refractivity contribution is 9.11. The number of rotatable bonds is 6. The van der Waals surface area contributed by atoms with E-state index in [1.54, 1.807) is 11.3 Å². The average Bonchev–Trinajstić information content (AvgIpc) is 3.41. The molecule has 0 radical (unpaired) electrons. The number of aliphatic hydroxyl groups excluding tert-OH is 1. The third-order valence-corrected chi connectivity index (χ3v) is 13.2. The molecule has 4 nitrogen and oxygen atoms in total. The lowest BCUT2D eigenvalue weighted by atomic mass is 9.44. The molecule has 4 saturated carbocycles.